The van der Waals surface area contributed by atoms with Crippen LogP contribution < -0.4 is 0 Å². The molecule has 14 heavy (non-hydrogen) atoms. The average molecular weight is 189 g/mol. The van der Waals surface area contributed by atoms with E-state index in [0.717, 1.165) is 5.39 Å². The molecule has 3 heteroatoms. The van der Waals surface area contributed by atoms with Crippen molar-refractivity contribution in [3.05, 3.63) is 42.0 Å². The summed E-state index contributed by atoms with van der Waals surface area (Å²) in [6, 6.07) is 6.06. The zero-order chi connectivity index (χ0) is 10.1. The second-order valence-corrected chi connectivity index (χ2v) is 3.12. The highest BCUT2D eigenvalue weighted by atomic mass is 19.1. The van der Waals surface area contributed by atoms with Gasteiger partial charge < -0.3 is 0 Å². The standard InChI is InChI=1S/C11H8FNO/c1-7(14)11-5-8-2-3-10(12)4-9(8)6-13-11/h2-6H,1H3. The molecule has 0 amide bonds. The van der Waals surface area contributed by atoms with Crippen molar-refractivity contribution in [3.8, 4) is 0 Å². The minimum absolute atomic E-state index is 0.0868. The monoisotopic (exact) mass is 189 g/mol. The first-order valence-electron chi connectivity index (χ1n) is 4.23. The summed E-state index contributed by atoms with van der Waals surface area (Å²) in [7, 11) is 0. The minimum Gasteiger partial charge on any atom is -0.293 e. The normalized spacial score (nSPS) is 10.4. The van der Waals surface area contributed by atoms with Crippen LogP contribution in [0, 0.1) is 5.82 Å². The lowest BCUT2D eigenvalue weighted by molar-refractivity contribution is 0.101. The van der Waals surface area contributed by atoms with Crippen LogP contribution in [0.3, 0.4) is 0 Å². The molecule has 0 unspecified atom stereocenters. The number of pyridine rings is 1. The quantitative estimate of drug-likeness (QED) is 0.645. The van der Waals surface area contributed by atoms with Gasteiger partial charge in [0.1, 0.15) is 11.5 Å². The third-order valence-corrected chi connectivity index (χ3v) is 2.04. The Morgan fingerprint density at radius 1 is 1.29 bits per heavy atom. The van der Waals surface area contributed by atoms with E-state index in [4.69, 9.17) is 0 Å². The van der Waals surface area contributed by atoms with Gasteiger partial charge in [-0.3, -0.25) is 9.78 Å². The van der Waals surface area contributed by atoms with E-state index in [1.54, 1.807) is 12.1 Å². The maximum atomic E-state index is 12.8. The summed E-state index contributed by atoms with van der Waals surface area (Å²) in [6.45, 7) is 1.46. The van der Waals surface area contributed by atoms with Gasteiger partial charge in [0.15, 0.2) is 5.78 Å². The zero-order valence-electron chi connectivity index (χ0n) is 7.62. The van der Waals surface area contributed by atoms with Gasteiger partial charge in [-0.15, -0.1) is 0 Å². The number of carbonyl (C=O) groups excluding carboxylic acids is 1. The maximum absolute atomic E-state index is 12.8. The topological polar surface area (TPSA) is 30.0 Å². The lowest BCUT2D eigenvalue weighted by Crippen LogP contribution is -1.95. The van der Waals surface area contributed by atoms with Gasteiger partial charge in [-0.05, 0) is 23.6 Å². The van der Waals surface area contributed by atoms with Crippen molar-refractivity contribution in [2.24, 2.45) is 0 Å². The molecule has 0 aliphatic rings. The highest BCUT2D eigenvalue weighted by molar-refractivity contribution is 5.96. The van der Waals surface area contributed by atoms with E-state index in [1.807, 2.05) is 0 Å². The van der Waals surface area contributed by atoms with E-state index < -0.39 is 0 Å². The molecule has 70 valence electrons. The molecule has 0 bridgehead atoms. The second-order valence-electron chi connectivity index (χ2n) is 3.12. The second kappa shape index (κ2) is 3.18. The summed E-state index contributed by atoms with van der Waals surface area (Å²) in [6.07, 6.45) is 1.51. The Bertz CT molecular complexity index is 508. The predicted octanol–water partition coefficient (Wildman–Crippen LogP) is 2.58. The summed E-state index contributed by atoms with van der Waals surface area (Å²) in [5.41, 5.74) is 0.407. The van der Waals surface area contributed by atoms with E-state index >= 15 is 0 Å². The van der Waals surface area contributed by atoms with Gasteiger partial charge in [0, 0.05) is 18.5 Å². The number of Topliss-reactive ketones (excluding diaryl/α,β-unsaturated/α-hetero) is 1. The molecule has 1 heterocycles. The highest BCUT2D eigenvalue weighted by Crippen LogP contribution is 2.15. The van der Waals surface area contributed by atoms with Gasteiger partial charge in [-0.1, -0.05) is 6.07 Å². The molecule has 0 saturated heterocycles. The number of carbonyl (C=O) groups is 1. The van der Waals surface area contributed by atoms with Crippen LogP contribution in [-0.2, 0) is 0 Å². The molecule has 2 rings (SSSR count). The van der Waals surface area contributed by atoms with E-state index in [2.05, 4.69) is 4.98 Å². The molecule has 1 aromatic heterocycles. The fraction of sp³-hybridized carbons (Fsp3) is 0.0909. The first-order chi connectivity index (χ1) is 6.66. The molecule has 0 N–H and O–H groups in total. The Balaban J connectivity index is 2.67. The molecule has 0 aliphatic carbocycles. The van der Waals surface area contributed by atoms with E-state index in [-0.39, 0.29) is 11.6 Å². The van der Waals surface area contributed by atoms with Gasteiger partial charge in [0.25, 0.3) is 0 Å². The predicted molar refractivity (Wildman–Crippen MR) is 51.7 cm³/mol. The summed E-state index contributed by atoms with van der Waals surface area (Å²) in [5, 5.41) is 1.53. The maximum Gasteiger partial charge on any atom is 0.178 e. The van der Waals surface area contributed by atoms with Crippen LogP contribution in [0.4, 0.5) is 4.39 Å². The van der Waals surface area contributed by atoms with Crippen molar-refractivity contribution in [3.63, 3.8) is 0 Å². The van der Waals surface area contributed by atoms with Gasteiger partial charge in [0.2, 0.25) is 0 Å². The Kier molecular flexibility index (Phi) is 2.00. The molecule has 0 saturated carbocycles. The minimum atomic E-state index is -0.296. The summed E-state index contributed by atoms with van der Waals surface area (Å²) >= 11 is 0. The molecule has 0 aliphatic heterocycles. The molecule has 0 atom stereocenters. The first-order valence-corrected chi connectivity index (χ1v) is 4.23. The van der Waals surface area contributed by atoms with Crippen molar-refractivity contribution in [1.29, 1.82) is 0 Å². The van der Waals surface area contributed by atoms with E-state index in [9.17, 15) is 9.18 Å². The molecule has 1 aromatic carbocycles. The van der Waals surface area contributed by atoms with Crippen molar-refractivity contribution >= 4 is 16.6 Å². The fourth-order valence-electron chi connectivity index (χ4n) is 1.31. The number of ketones is 1. The van der Waals surface area contributed by atoms with Gasteiger partial charge in [0.05, 0.1) is 0 Å². The lowest BCUT2D eigenvalue weighted by Gasteiger charge is -1.99. The smallest absolute Gasteiger partial charge is 0.178 e. The molecular weight excluding hydrogens is 181 g/mol. The van der Waals surface area contributed by atoms with Crippen LogP contribution in [0.1, 0.15) is 17.4 Å². The molecule has 0 fully saturated rings. The first kappa shape index (κ1) is 8.81. The Labute approximate surface area is 80.4 Å². The summed E-state index contributed by atoms with van der Waals surface area (Å²) in [5.74, 6) is -0.383. The van der Waals surface area contributed by atoms with Crippen LogP contribution in [0.2, 0.25) is 0 Å². The van der Waals surface area contributed by atoms with Crippen LogP contribution in [0.5, 0.6) is 0 Å². The number of halogens is 1. The zero-order valence-corrected chi connectivity index (χ0v) is 7.62. The lowest BCUT2D eigenvalue weighted by atomic mass is 10.1. The number of aromatic nitrogens is 1. The van der Waals surface area contributed by atoms with Crippen molar-refractivity contribution in [2.75, 3.05) is 0 Å². The third kappa shape index (κ3) is 1.48. The van der Waals surface area contributed by atoms with Gasteiger partial charge in [-0.2, -0.15) is 0 Å². The highest BCUT2D eigenvalue weighted by Gasteiger charge is 2.02. The van der Waals surface area contributed by atoms with E-state index in [0.29, 0.717) is 11.1 Å². The van der Waals surface area contributed by atoms with Crippen LogP contribution in [0.25, 0.3) is 10.8 Å². The molecule has 2 aromatic rings. The molecule has 0 radical (unpaired) electrons. The summed E-state index contributed by atoms with van der Waals surface area (Å²) < 4.78 is 12.8. The number of benzene rings is 1. The number of fused-ring (bicyclic) bond motifs is 1. The van der Waals surface area contributed by atoms with Crippen molar-refractivity contribution in [1.82, 2.24) is 4.98 Å². The number of rotatable bonds is 1. The van der Waals surface area contributed by atoms with Crippen LogP contribution in [0.15, 0.2) is 30.5 Å². The fourth-order valence-corrected chi connectivity index (χ4v) is 1.31. The molecule has 0 spiro atoms. The average Bonchev–Trinajstić information content (AvgIpc) is 2.16. The van der Waals surface area contributed by atoms with Gasteiger partial charge in [-0.25, -0.2) is 4.39 Å². The SMILES string of the molecule is CC(=O)c1cc2ccc(F)cc2cn1. The van der Waals surface area contributed by atoms with Crippen LogP contribution in [-0.4, -0.2) is 10.8 Å². The Morgan fingerprint density at radius 3 is 2.79 bits per heavy atom. The van der Waals surface area contributed by atoms with E-state index in [1.165, 1.54) is 25.3 Å². The Morgan fingerprint density at radius 2 is 2.07 bits per heavy atom. The van der Waals surface area contributed by atoms with Gasteiger partial charge >= 0.3 is 0 Å². The number of hydrogen-bond acceptors (Lipinski definition) is 2. The van der Waals surface area contributed by atoms with Crippen molar-refractivity contribution < 1.29 is 9.18 Å². The molecular formula is C11H8FNO. The van der Waals surface area contributed by atoms with Crippen LogP contribution >= 0.6 is 0 Å². The van der Waals surface area contributed by atoms with Crippen molar-refractivity contribution in [2.45, 2.75) is 6.92 Å². The summed E-state index contributed by atoms with van der Waals surface area (Å²) in [4.78, 5) is 15.0. The number of nitrogens with zero attached hydrogens (tertiary/aromatic N) is 1. The Hall–Kier alpha value is -1.77. The molecule has 2 nitrogen and oxygen atoms in total. The third-order valence-electron chi connectivity index (χ3n) is 2.04. The largest absolute Gasteiger partial charge is 0.293 e. The number of hydrogen-bond donors (Lipinski definition) is 0.